The van der Waals surface area contributed by atoms with Crippen LogP contribution in [0.3, 0.4) is 0 Å². The molecule has 0 amide bonds. The quantitative estimate of drug-likeness (QED) is 0.828. The van der Waals surface area contributed by atoms with E-state index in [0.717, 1.165) is 9.21 Å². The van der Waals surface area contributed by atoms with Gasteiger partial charge in [-0.1, -0.05) is 25.4 Å². The van der Waals surface area contributed by atoms with E-state index in [2.05, 4.69) is 5.32 Å². The number of carboxylic acid groups (broad SMARTS) is 1. The Kier molecular flexibility index (Phi) is 5.25. The van der Waals surface area contributed by atoms with Crippen LogP contribution in [0.15, 0.2) is 12.1 Å². The first kappa shape index (κ1) is 13.5. The number of hydrogen-bond donors (Lipinski definition) is 2. The number of rotatable bonds is 6. The number of nitrogens with one attached hydrogen (secondary N) is 1. The molecule has 0 spiro atoms. The molecule has 90 valence electrons. The zero-order valence-electron chi connectivity index (χ0n) is 9.37. The first-order valence-corrected chi connectivity index (χ1v) is 6.38. The molecule has 1 unspecified atom stereocenters. The monoisotopic (exact) mass is 261 g/mol. The number of halogens is 1. The highest BCUT2D eigenvalue weighted by Crippen LogP contribution is 2.21. The lowest BCUT2D eigenvalue weighted by atomic mass is 9.96. The van der Waals surface area contributed by atoms with Crippen LogP contribution < -0.4 is 5.32 Å². The molecule has 1 heterocycles. The van der Waals surface area contributed by atoms with Gasteiger partial charge in [0.1, 0.15) is 0 Å². The maximum Gasteiger partial charge on any atom is 0.308 e. The highest BCUT2D eigenvalue weighted by atomic mass is 35.5. The third kappa shape index (κ3) is 4.12. The Hall–Kier alpha value is -0.580. The van der Waals surface area contributed by atoms with Crippen LogP contribution in [0.1, 0.15) is 18.7 Å². The van der Waals surface area contributed by atoms with E-state index >= 15 is 0 Å². The Morgan fingerprint density at radius 2 is 2.25 bits per heavy atom. The fraction of sp³-hybridized carbons (Fsp3) is 0.545. The van der Waals surface area contributed by atoms with Gasteiger partial charge in [-0.3, -0.25) is 4.79 Å². The predicted molar refractivity (Wildman–Crippen MR) is 67.0 cm³/mol. The Balaban J connectivity index is 2.36. The number of hydrogen-bond acceptors (Lipinski definition) is 3. The summed E-state index contributed by atoms with van der Waals surface area (Å²) in [6.07, 6.45) is 0. The van der Waals surface area contributed by atoms with Crippen molar-refractivity contribution in [1.29, 1.82) is 0 Å². The van der Waals surface area contributed by atoms with Gasteiger partial charge in [0.2, 0.25) is 0 Å². The molecule has 1 rings (SSSR count). The van der Waals surface area contributed by atoms with Gasteiger partial charge in [0.25, 0.3) is 0 Å². The molecule has 16 heavy (non-hydrogen) atoms. The van der Waals surface area contributed by atoms with Crippen molar-refractivity contribution < 1.29 is 9.90 Å². The van der Waals surface area contributed by atoms with Crippen LogP contribution in [0.4, 0.5) is 0 Å². The van der Waals surface area contributed by atoms with E-state index in [1.807, 2.05) is 26.0 Å². The van der Waals surface area contributed by atoms with Crippen LogP contribution >= 0.6 is 22.9 Å². The molecular weight excluding hydrogens is 246 g/mol. The smallest absolute Gasteiger partial charge is 0.308 e. The van der Waals surface area contributed by atoms with Crippen LogP contribution in [0.2, 0.25) is 4.34 Å². The SMILES string of the molecule is CC(C)C(CNCc1ccc(Cl)s1)C(=O)O. The minimum absolute atomic E-state index is 0.136. The molecule has 3 nitrogen and oxygen atoms in total. The number of carboxylic acids is 1. The highest BCUT2D eigenvalue weighted by Gasteiger charge is 2.20. The molecule has 0 aromatic carbocycles. The van der Waals surface area contributed by atoms with Gasteiger partial charge < -0.3 is 10.4 Å². The van der Waals surface area contributed by atoms with Crippen molar-refractivity contribution >= 4 is 28.9 Å². The minimum atomic E-state index is -0.744. The summed E-state index contributed by atoms with van der Waals surface area (Å²) in [4.78, 5) is 12.1. The second kappa shape index (κ2) is 6.23. The van der Waals surface area contributed by atoms with E-state index in [1.54, 1.807) is 0 Å². The maximum absolute atomic E-state index is 10.9. The van der Waals surface area contributed by atoms with Gasteiger partial charge in [-0.25, -0.2) is 0 Å². The van der Waals surface area contributed by atoms with Gasteiger partial charge >= 0.3 is 5.97 Å². The summed E-state index contributed by atoms with van der Waals surface area (Å²) in [7, 11) is 0. The first-order valence-electron chi connectivity index (χ1n) is 5.18. The topological polar surface area (TPSA) is 49.3 Å². The van der Waals surface area contributed by atoms with Crippen molar-refractivity contribution in [2.45, 2.75) is 20.4 Å². The zero-order valence-corrected chi connectivity index (χ0v) is 10.9. The van der Waals surface area contributed by atoms with Crippen LogP contribution in [-0.2, 0) is 11.3 Å². The van der Waals surface area contributed by atoms with E-state index in [4.69, 9.17) is 16.7 Å². The van der Waals surface area contributed by atoms with Crippen LogP contribution in [0.5, 0.6) is 0 Å². The zero-order chi connectivity index (χ0) is 12.1. The van der Waals surface area contributed by atoms with E-state index < -0.39 is 5.97 Å². The second-order valence-corrected chi connectivity index (χ2v) is 5.83. The van der Waals surface area contributed by atoms with E-state index in [-0.39, 0.29) is 11.8 Å². The van der Waals surface area contributed by atoms with Crippen LogP contribution in [0, 0.1) is 11.8 Å². The molecule has 1 atom stereocenters. The lowest BCUT2D eigenvalue weighted by molar-refractivity contribution is -0.143. The van der Waals surface area contributed by atoms with E-state index in [1.165, 1.54) is 11.3 Å². The Morgan fingerprint density at radius 1 is 1.56 bits per heavy atom. The van der Waals surface area contributed by atoms with Crippen LogP contribution in [-0.4, -0.2) is 17.6 Å². The third-order valence-electron chi connectivity index (χ3n) is 2.41. The van der Waals surface area contributed by atoms with Gasteiger partial charge in [-0.15, -0.1) is 11.3 Å². The molecule has 1 aromatic heterocycles. The summed E-state index contributed by atoms with van der Waals surface area (Å²) in [5, 5.41) is 12.1. The van der Waals surface area contributed by atoms with E-state index in [0.29, 0.717) is 13.1 Å². The fourth-order valence-electron chi connectivity index (χ4n) is 1.41. The third-order valence-corrected chi connectivity index (χ3v) is 3.65. The summed E-state index contributed by atoms with van der Waals surface area (Å²) in [5.41, 5.74) is 0. The Labute approximate surface area is 104 Å². The highest BCUT2D eigenvalue weighted by molar-refractivity contribution is 7.16. The number of aliphatic carboxylic acids is 1. The van der Waals surface area contributed by atoms with Crippen LogP contribution in [0.25, 0.3) is 0 Å². The van der Waals surface area contributed by atoms with Crippen molar-refractivity contribution in [3.63, 3.8) is 0 Å². The summed E-state index contributed by atoms with van der Waals surface area (Å²) in [6, 6.07) is 3.80. The predicted octanol–water partition coefficient (Wildman–Crippen LogP) is 2.85. The summed E-state index contributed by atoms with van der Waals surface area (Å²) in [6.45, 7) is 5.00. The normalized spacial score (nSPS) is 13.0. The molecule has 1 aromatic rings. The number of thiophene rings is 1. The molecular formula is C11H16ClNO2S. The van der Waals surface area contributed by atoms with Crippen molar-refractivity contribution in [3.05, 3.63) is 21.3 Å². The molecule has 0 saturated heterocycles. The van der Waals surface area contributed by atoms with Gasteiger partial charge in [-0.2, -0.15) is 0 Å². The molecule has 0 aliphatic rings. The standard InChI is InChI=1S/C11H16ClNO2S/c1-7(2)9(11(14)15)6-13-5-8-3-4-10(12)16-8/h3-4,7,9,13H,5-6H2,1-2H3,(H,14,15). The van der Waals surface area contributed by atoms with Gasteiger partial charge in [0, 0.05) is 18.0 Å². The van der Waals surface area contributed by atoms with Crippen molar-refractivity contribution in [1.82, 2.24) is 5.32 Å². The molecule has 5 heteroatoms. The summed E-state index contributed by atoms with van der Waals surface area (Å²) < 4.78 is 0.760. The molecule has 0 saturated carbocycles. The van der Waals surface area contributed by atoms with Crippen molar-refractivity contribution in [2.24, 2.45) is 11.8 Å². The average molecular weight is 262 g/mol. The van der Waals surface area contributed by atoms with Crippen molar-refractivity contribution in [2.75, 3.05) is 6.54 Å². The van der Waals surface area contributed by atoms with Gasteiger partial charge in [-0.05, 0) is 18.1 Å². The minimum Gasteiger partial charge on any atom is -0.481 e. The molecule has 2 N–H and O–H groups in total. The fourth-order valence-corrected chi connectivity index (χ4v) is 2.46. The van der Waals surface area contributed by atoms with Gasteiger partial charge in [0.05, 0.1) is 10.3 Å². The maximum atomic E-state index is 10.9. The largest absolute Gasteiger partial charge is 0.481 e. The lowest BCUT2D eigenvalue weighted by Gasteiger charge is -2.16. The molecule has 0 radical (unpaired) electrons. The first-order chi connectivity index (χ1) is 7.50. The number of carbonyl (C=O) groups is 1. The second-order valence-electron chi connectivity index (χ2n) is 4.03. The van der Waals surface area contributed by atoms with E-state index in [9.17, 15) is 4.79 Å². The summed E-state index contributed by atoms with van der Waals surface area (Å²) >= 11 is 7.31. The molecule has 0 bridgehead atoms. The Morgan fingerprint density at radius 3 is 2.69 bits per heavy atom. The molecule has 0 fully saturated rings. The summed E-state index contributed by atoms with van der Waals surface area (Å²) in [5.74, 6) is -0.945. The van der Waals surface area contributed by atoms with Crippen molar-refractivity contribution in [3.8, 4) is 0 Å². The average Bonchev–Trinajstić information content (AvgIpc) is 2.57. The molecule has 0 aliphatic carbocycles. The Bertz CT molecular complexity index is 352. The van der Waals surface area contributed by atoms with Gasteiger partial charge in [0.15, 0.2) is 0 Å². The molecule has 0 aliphatic heterocycles. The lowest BCUT2D eigenvalue weighted by Crippen LogP contribution is -2.31.